The zero-order valence-corrected chi connectivity index (χ0v) is 9.74. The predicted octanol–water partition coefficient (Wildman–Crippen LogP) is -0.133. The van der Waals surface area contributed by atoms with E-state index in [2.05, 4.69) is 4.98 Å². The summed E-state index contributed by atoms with van der Waals surface area (Å²) in [4.78, 5) is 29.9. The molecule has 2 heterocycles. The Morgan fingerprint density at radius 2 is 2.11 bits per heavy atom. The molecule has 1 saturated heterocycles. The maximum Gasteiger partial charge on any atom is 0.254 e. The highest BCUT2D eigenvalue weighted by atomic mass is 16.2. The van der Waals surface area contributed by atoms with E-state index in [0.29, 0.717) is 31.7 Å². The van der Waals surface area contributed by atoms with Crippen LogP contribution >= 0.6 is 0 Å². The Bertz CT molecular complexity index is 501. The molecule has 0 saturated carbocycles. The van der Waals surface area contributed by atoms with E-state index in [1.165, 1.54) is 12.3 Å². The van der Waals surface area contributed by atoms with Gasteiger partial charge in [-0.1, -0.05) is 0 Å². The van der Waals surface area contributed by atoms with Gasteiger partial charge in [-0.3, -0.25) is 9.59 Å². The molecule has 1 aliphatic heterocycles. The monoisotopic (exact) mass is 244 g/mol. The largest absolute Gasteiger partial charge is 0.342 e. The van der Waals surface area contributed by atoms with Gasteiger partial charge in [-0.15, -0.1) is 0 Å². The number of piperazine rings is 1. The fraction of sp³-hybridized carbons (Fsp3) is 0.333. The zero-order chi connectivity index (χ0) is 13.0. The van der Waals surface area contributed by atoms with E-state index in [1.54, 1.807) is 15.9 Å². The lowest BCUT2D eigenvalue weighted by Gasteiger charge is -2.32. The number of nitriles is 1. The van der Waals surface area contributed by atoms with Crippen molar-refractivity contribution >= 4 is 12.3 Å². The van der Waals surface area contributed by atoms with Crippen molar-refractivity contribution in [3.63, 3.8) is 0 Å². The molecule has 92 valence electrons. The molecule has 0 aliphatic carbocycles. The summed E-state index contributed by atoms with van der Waals surface area (Å²) in [6.45, 7) is 2.13. The van der Waals surface area contributed by atoms with Gasteiger partial charge in [-0.25, -0.2) is 4.98 Å². The molecule has 1 aromatic heterocycles. The number of carbonyl (C=O) groups is 2. The molecule has 0 radical (unpaired) electrons. The zero-order valence-electron chi connectivity index (χ0n) is 9.74. The van der Waals surface area contributed by atoms with Gasteiger partial charge in [-0.05, 0) is 12.1 Å². The van der Waals surface area contributed by atoms with Crippen LogP contribution < -0.4 is 0 Å². The van der Waals surface area contributed by atoms with E-state index in [9.17, 15) is 9.59 Å². The molecule has 0 aromatic carbocycles. The number of nitrogens with zero attached hydrogens (tertiary/aromatic N) is 4. The second-order valence-corrected chi connectivity index (χ2v) is 3.98. The smallest absolute Gasteiger partial charge is 0.254 e. The molecule has 18 heavy (non-hydrogen) atoms. The lowest BCUT2D eigenvalue weighted by molar-refractivity contribution is -0.119. The third kappa shape index (κ3) is 2.46. The van der Waals surface area contributed by atoms with Crippen LogP contribution in [-0.4, -0.2) is 53.3 Å². The molecule has 6 heteroatoms. The van der Waals surface area contributed by atoms with Gasteiger partial charge in [-0.2, -0.15) is 5.26 Å². The molecular weight excluding hydrogens is 232 g/mol. The van der Waals surface area contributed by atoms with E-state index in [0.717, 1.165) is 6.41 Å². The molecule has 6 nitrogen and oxygen atoms in total. The Morgan fingerprint density at radius 3 is 2.72 bits per heavy atom. The number of rotatable bonds is 2. The fourth-order valence-electron chi connectivity index (χ4n) is 1.84. The van der Waals surface area contributed by atoms with Gasteiger partial charge >= 0.3 is 0 Å². The van der Waals surface area contributed by atoms with Gasteiger partial charge in [0.05, 0.1) is 0 Å². The number of aromatic nitrogens is 1. The molecule has 0 bridgehead atoms. The summed E-state index contributed by atoms with van der Waals surface area (Å²) >= 11 is 0. The van der Waals surface area contributed by atoms with Crippen LogP contribution in [0.25, 0.3) is 0 Å². The normalized spacial score (nSPS) is 15.1. The first kappa shape index (κ1) is 12.0. The van der Waals surface area contributed by atoms with Crippen molar-refractivity contribution in [2.24, 2.45) is 0 Å². The Labute approximate surface area is 104 Å². The number of carbonyl (C=O) groups excluding carboxylic acids is 2. The van der Waals surface area contributed by atoms with Gasteiger partial charge in [0.1, 0.15) is 11.8 Å². The van der Waals surface area contributed by atoms with E-state index < -0.39 is 0 Å². The Kier molecular flexibility index (Phi) is 3.53. The summed E-state index contributed by atoms with van der Waals surface area (Å²) in [6.07, 6.45) is 2.25. The van der Waals surface area contributed by atoms with Crippen LogP contribution in [0, 0.1) is 11.3 Å². The average Bonchev–Trinajstić information content (AvgIpc) is 2.46. The van der Waals surface area contributed by atoms with Crippen LogP contribution in [0.5, 0.6) is 0 Å². The summed E-state index contributed by atoms with van der Waals surface area (Å²) in [7, 11) is 0. The Morgan fingerprint density at radius 1 is 1.39 bits per heavy atom. The molecule has 1 fully saturated rings. The van der Waals surface area contributed by atoms with Crippen LogP contribution in [0.3, 0.4) is 0 Å². The third-order valence-electron chi connectivity index (χ3n) is 2.87. The maximum absolute atomic E-state index is 12.1. The van der Waals surface area contributed by atoms with Crippen molar-refractivity contribution in [3.05, 3.63) is 29.6 Å². The molecule has 1 aromatic rings. The number of hydrogen-bond acceptors (Lipinski definition) is 4. The van der Waals surface area contributed by atoms with E-state index in [1.807, 2.05) is 6.07 Å². The van der Waals surface area contributed by atoms with Crippen molar-refractivity contribution in [2.75, 3.05) is 26.2 Å². The Hall–Kier alpha value is -2.42. The van der Waals surface area contributed by atoms with Crippen molar-refractivity contribution in [3.8, 4) is 6.07 Å². The number of amides is 2. The third-order valence-corrected chi connectivity index (χ3v) is 2.87. The standard InChI is InChI=1S/C12H12N4O2/c13-8-11-7-10(1-2-14-11)12(18)16-5-3-15(9-17)4-6-16/h1-2,7,9H,3-6H2. The molecule has 0 N–H and O–H groups in total. The molecule has 0 unspecified atom stereocenters. The number of hydrogen-bond donors (Lipinski definition) is 0. The molecular formula is C12H12N4O2. The quantitative estimate of drug-likeness (QED) is 0.679. The summed E-state index contributed by atoms with van der Waals surface area (Å²) in [6, 6.07) is 4.98. The Balaban J connectivity index is 2.08. The van der Waals surface area contributed by atoms with E-state index in [4.69, 9.17) is 5.26 Å². The highest BCUT2D eigenvalue weighted by Gasteiger charge is 2.21. The molecule has 2 amide bonds. The van der Waals surface area contributed by atoms with Gasteiger partial charge in [0.25, 0.3) is 5.91 Å². The van der Waals surface area contributed by atoms with Crippen molar-refractivity contribution in [2.45, 2.75) is 0 Å². The van der Waals surface area contributed by atoms with Gasteiger partial charge in [0.15, 0.2) is 0 Å². The molecule has 2 rings (SSSR count). The lowest BCUT2D eigenvalue weighted by Crippen LogP contribution is -2.48. The summed E-state index contributed by atoms with van der Waals surface area (Å²) in [5.41, 5.74) is 0.688. The SMILES string of the molecule is N#Cc1cc(C(=O)N2CCN(C=O)CC2)ccn1. The average molecular weight is 244 g/mol. The maximum atomic E-state index is 12.1. The van der Waals surface area contributed by atoms with Crippen LogP contribution in [0.15, 0.2) is 18.3 Å². The van der Waals surface area contributed by atoms with Crippen LogP contribution in [-0.2, 0) is 4.79 Å². The molecule has 1 aliphatic rings. The van der Waals surface area contributed by atoms with Crippen molar-refractivity contribution in [1.29, 1.82) is 5.26 Å². The van der Waals surface area contributed by atoms with Crippen molar-refractivity contribution in [1.82, 2.24) is 14.8 Å². The fourth-order valence-corrected chi connectivity index (χ4v) is 1.84. The van der Waals surface area contributed by atoms with Crippen LogP contribution in [0.2, 0.25) is 0 Å². The van der Waals surface area contributed by atoms with Crippen LogP contribution in [0.1, 0.15) is 16.1 Å². The van der Waals surface area contributed by atoms with Crippen molar-refractivity contribution < 1.29 is 9.59 Å². The molecule has 0 spiro atoms. The topological polar surface area (TPSA) is 77.3 Å². The summed E-state index contributed by atoms with van der Waals surface area (Å²) in [5.74, 6) is -0.126. The van der Waals surface area contributed by atoms with Crippen LogP contribution in [0.4, 0.5) is 0 Å². The predicted molar refractivity (Wildman–Crippen MR) is 62.5 cm³/mol. The second kappa shape index (κ2) is 5.27. The summed E-state index contributed by atoms with van der Waals surface area (Å²) < 4.78 is 0. The minimum absolute atomic E-state index is 0.126. The second-order valence-electron chi connectivity index (χ2n) is 3.98. The van der Waals surface area contributed by atoms with E-state index >= 15 is 0 Å². The highest BCUT2D eigenvalue weighted by molar-refractivity contribution is 5.94. The summed E-state index contributed by atoms with van der Waals surface area (Å²) in [5, 5.41) is 8.74. The van der Waals surface area contributed by atoms with Gasteiger partial charge in [0, 0.05) is 37.9 Å². The molecule has 0 atom stereocenters. The minimum Gasteiger partial charge on any atom is -0.342 e. The number of pyridine rings is 1. The highest BCUT2D eigenvalue weighted by Crippen LogP contribution is 2.08. The first-order chi connectivity index (χ1) is 8.74. The minimum atomic E-state index is -0.126. The first-order valence-electron chi connectivity index (χ1n) is 5.59. The first-order valence-corrected chi connectivity index (χ1v) is 5.59. The van der Waals surface area contributed by atoms with E-state index in [-0.39, 0.29) is 11.6 Å². The lowest BCUT2D eigenvalue weighted by atomic mass is 10.2. The van der Waals surface area contributed by atoms with Gasteiger partial charge < -0.3 is 9.80 Å². The van der Waals surface area contributed by atoms with Gasteiger partial charge in [0.2, 0.25) is 6.41 Å².